The average molecular weight is 336 g/mol. The molecule has 5 nitrogen and oxygen atoms in total. The predicted octanol–water partition coefficient (Wildman–Crippen LogP) is 2.97. The zero-order valence-electron chi connectivity index (χ0n) is 14.7. The van der Waals surface area contributed by atoms with Crippen molar-refractivity contribution in [1.29, 1.82) is 0 Å². The monoisotopic (exact) mass is 336 g/mol. The first kappa shape index (κ1) is 15.1. The van der Waals surface area contributed by atoms with Gasteiger partial charge in [-0.1, -0.05) is 19.1 Å². The Bertz CT molecular complexity index is 953. The second kappa shape index (κ2) is 5.43. The van der Waals surface area contributed by atoms with Gasteiger partial charge in [-0.3, -0.25) is 4.40 Å². The highest BCUT2D eigenvalue weighted by atomic mass is 16.3. The lowest BCUT2D eigenvalue weighted by molar-refractivity contribution is 0.114. The minimum atomic E-state index is 0.0584. The van der Waals surface area contributed by atoms with Gasteiger partial charge in [0.2, 0.25) is 5.78 Å². The molecule has 25 heavy (non-hydrogen) atoms. The van der Waals surface area contributed by atoms with Crippen molar-refractivity contribution in [1.82, 2.24) is 14.4 Å². The van der Waals surface area contributed by atoms with Crippen LogP contribution in [-0.4, -0.2) is 39.2 Å². The Morgan fingerprint density at radius 3 is 2.72 bits per heavy atom. The zero-order valence-corrected chi connectivity index (χ0v) is 14.7. The van der Waals surface area contributed by atoms with Crippen LogP contribution in [0.5, 0.6) is 0 Å². The summed E-state index contributed by atoms with van der Waals surface area (Å²) in [5.41, 5.74) is 4.85. The van der Waals surface area contributed by atoms with E-state index in [1.165, 1.54) is 23.5 Å². The van der Waals surface area contributed by atoms with E-state index in [9.17, 15) is 5.11 Å². The standard InChI is InChI=1S/C20H24N4O/c1-20(13-25)9-11-23(12-10-20)18-14-5-4-7-15(14)21-19-22-16-6-2-3-8-17(16)24(18)19/h2-3,6,8,25H,4-5,7,9-13H2,1H3. The van der Waals surface area contributed by atoms with Gasteiger partial charge in [0, 0.05) is 25.3 Å². The number of rotatable bonds is 2. The van der Waals surface area contributed by atoms with Crippen LogP contribution < -0.4 is 4.90 Å². The molecule has 1 aromatic carbocycles. The zero-order chi connectivity index (χ0) is 17.0. The third-order valence-electron chi connectivity index (χ3n) is 6.10. The van der Waals surface area contributed by atoms with E-state index < -0.39 is 0 Å². The quantitative estimate of drug-likeness (QED) is 0.782. The largest absolute Gasteiger partial charge is 0.396 e. The number of nitrogens with zero attached hydrogens (tertiary/aromatic N) is 4. The van der Waals surface area contributed by atoms with Crippen molar-refractivity contribution in [3.63, 3.8) is 0 Å². The number of aromatic nitrogens is 3. The van der Waals surface area contributed by atoms with Gasteiger partial charge in [0.05, 0.1) is 16.7 Å². The summed E-state index contributed by atoms with van der Waals surface area (Å²) in [4.78, 5) is 12.2. The summed E-state index contributed by atoms with van der Waals surface area (Å²) in [7, 11) is 0. The van der Waals surface area contributed by atoms with Crippen LogP contribution in [-0.2, 0) is 12.8 Å². The number of para-hydroxylation sites is 2. The van der Waals surface area contributed by atoms with Gasteiger partial charge in [0.1, 0.15) is 5.82 Å². The van der Waals surface area contributed by atoms with E-state index in [1.807, 2.05) is 6.07 Å². The van der Waals surface area contributed by atoms with Gasteiger partial charge in [0.15, 0.2) is 0 Å². The number of fused-ring (bicyclic) bond motifs is 4. The van der Waals surface area contributed by atoms with Crippen LogP contribution in [0, 0.1) is 5.41 Å². The van der Waals surface area contributed by atoms with Gasteiger partial charge in [-0.2, -0.15) is 0 Å². The van der Waals surface area contributed by atoms with Gasteiger partial charge < -0.3 is 10.0 Å². The SMILES string of the molecule is CC1(CO)CCN(c2c3c(nc4nc5ccccc5n24)CCC3)CC1. The van der Waals surface area contributed by atoms with Crippen LogP contribution in [0.4, 0.5) is 5.82 Å². The molecule has 1 aliphatic carbocycles. The van der Waals surface area contributed by atoms with Crippen molar-refractivity contribution in [2.24, 2.45) is 5.41 Å². The molecule has 0 radical (unpaired) electrons. The van der Waals surface area contributed by atoms with Crippen LogP contribution in [0.1, 0.15) is 37.4 Å². The van der Waals surface area contributed by atoms with E-state index in [0.717, 1.165) is 55.6 Å². The minimum absolute atomic E-state index is 0.0584. The molecular formula is C20H24N4O. The molecule has 1 fully saturated rings. The van der Waals surface area contributed by atoms with Crippen molar-refractivity contribution < 1.29 is 5.11 Å². The van der Waals surface area contributed by atoms with Crippen molar-refractivity contribution >= 4 is 22.6 Å². The second-order valence-corrected chi connectivity index (χ2v) is 7.91. The summed E-state index contributed by atoms with van der Waals surface area (Å²) in [6.07, 6.45) is 5.39. The van der Waals surface area contributed by atoms with Crippen LogP contribution in [0.25, 0.3) is 16.8 Å². The summed E-state index contributed by atoms with van der Waals surface area (Å²) < 4.78 is 2.26. The lowest BCUT2D eigenvalue weighted by Gasteiger charge is -2.40. The van der Waals surface area contributed by atoms with Crippen molar-refractivity contribution in [3.8, 4) is 0 Å². The van der Waals surface area contributed by atoms with E-state index in [1.54, 1.807) is 0 Å². The third-order valence-corrected chi connectivity index (χ3v) is 6.10. The molecule has 0 bridgehead atoms. The van der Waals surface area contributed by atoms with E-state index in [0.29, 0.717) is 0 Å². The third kappa shape index (κ3) is 2.25. The van der Waals surface area contributed by atoms with Gasteiger partial charge in [-0.05, 0) is 49.7 Å². The van der Waals surface area contributed by atoms with E-state index >= 15 is 0 Å². The first-order chi connectivity index (χ1) is 12.2. The minimum Gasteiger partial charge on any atom is -0.396 e. The van der Waals surface area contributed by atoms with Crippen LogP contribution in [0.15, 0.2) is 24.3 Å². The van der Waals surface area contributed by atoms with Gasteiger partial charge in [-0.25, -0.2) is 9.97 Å². The molecule has 0 unspecified atom stereocenters. The fraction of sp³-hybridized carbons (Fsp3) is 0.500. The normalized spacial score (nSPS) is 19.7. The topological polar surface area (TPSA) is 53.7 Å². The molecule has 2 aromatic heterocycles. The fourth-order valence-corrected chi connectivity index (χ4v) is 4.39. The number of anilines is 1. The smallest absolute Gasteiger partial charge is 0.236 e. The lowest BCUT2D eigenvalue weighted by Crippen LogP contribution is -2.41. The highest BCUT2D eigenvalue weighted by Crippen LogP contribution is 2.38. The number of piperidine rings is 1. The summed E-state index contributed by atoms with van der Waals surface area (Å²) in [5.74, 6) is 2.12. The molecule has 0 atom stereocenters. The van der Waals surface area contributed by atoms with Crippen LogP contribution in [0.2, 0.25) is 0 Å². The Morgan fingerprint density at radius 2 is 1.92 bits per heavy atom. The maximum atomic E-state index is 9.70. The molecule has 0 amide bonds. The van der Waals surface area contributed by atoms with Gasteiger partial charge >= 0.3 is 0 Å². The number of hydrogen-bond acceptors (Lipinski definition) is 4. The molecule has 2 aliphatic rings. The van der Waals surface area contributed by atoms with Gasteiger partial charge in [-0.15, -0.1) is 0 Å². The van der Waals surface area contributed by atoms with Gasteiger partial charge in [0.25, 0.3) is 0 Å². The maximum absolute atomic E-state index is 9.70. The first-order valence-electron chi connectivity index (χ1n) is 9.33. The molecule has 0 saturated carbocycles. The fourth-order valence-electron chi connectivity index (χ4n) is 4.39. The Morgan fingerprint density at radius 1 is 1.12 bits per heavy atom. The highest BCUT2D eigenvalue weighted by Gasteiger charge is 2.33. The Balaban J connectivity index is 1.71. The molecule has 5 rings (SSSR count). The van der Waals surface area contributed by atoms with Crippen molar-refractivity contribution in [2.75, 3.05) is 24.6 Å². The molecule has 1 saturated heterocycles. The van der Waals surface area contributed by atoms with Crippen LogP contribution >= 0.6 is 0 Å². The van der Waals surface area contributed by atoms with E-state index in [2.05, 4.69) is 34.4 Å². The maximum Gasteiger partial charge on any atom is 0.236 e. The molecule has 1 aliphatic heterocycles. The first-order valence-corrected chi connectivity index (χ1v) is 9.33. The number of hydrogen-bond donors (Lipinski definition) is 1. The van der Waals surface area contributed by atoms with E-state index in [4.69, 9.17) is 9.97 Å². The Kier molecular flexibility index (Phi) is 3.29. The molecule has 0 spiro atoms. The predicted molar refractivity (Wildman–Crippen MR) is 99.2 cm³/mol. The van der Waals surface area contributed by atoms with Crippen molar-refractivity contribution in [2.45, 2.75) is 39.0 Å². The molecule has 3 aromatic rings. The Labute approximate surface area is 147 Å². The summed E-state index contributed by atoms with van der Waals surface area (Å²) >= 11 is 0. The molecule has 130 valence electrons. The second-order valence-electron chi connectivity index (χ2n) is 7.91. The number of aliphatic hydroxyl groups is 1. The number of imidazole rings is 1. The highest BCUT2D eigenvalue weighted by molar-refractivity contribution is 5.82. The molecule has 3 heterocycles. The molecule has 1 N–H and O–H groups in total. The van der Waals surface area contributed by atoms with Crippen LogP contribution in [0.3, 0.4) is 0 Å². The number of benzene rings is 1. The Hall–Kier alpha value is -2.14. The molecular weight excluding hydrogens is 312 g/mol. The van der Waals surface area contributed by atoms with E-state index in [-0.39, 0.29) is 12.0 Å². The lowest BCUT2D eigenvalue weighted by atomic mass is 9.81. The molecule has 5 heteroatoms. The summed E-state index contributed by atoms with van der Waals surface area (Å²) in [6, 6.07) is 8.32. The summed E-state index contributed by atoms with van der Waals surface area (Å²) in [6.45, 7) is 4.44. The van der Waals surface area contributed by atoms with Crippen molar-refractivity contribution in [3.05, 3.63) is 35.5 Å². The summed E-state index contributed by atoms with van der Waals surface area (Å²) in [5, 5.41) is 9.70. The number of aryl methyl sites for hydroxylation is 1. The average Bonchev–Trinajstić information content (AvgIpc) is 3.24. The number of aliphatic hydroxyl groups excluding tert-OH is 1.